The Bertz CT molecular complexity index is 88.4. The minimum absolute atomic E-state index is 0.824. The lowest BCUT2D eigenvalue weighted by atomic mass is 10.5. The largest absolute Gasteiger partial charge is 0.476 e. The summed E-state index contributed by atoms with van der Waals surface area (Å²) in [5, 5.41) is 10.4. The zero-order valence-corrected chi connectivity index (χ0v) is 5.76. The van der Waals surface area contributed by atoms with Crippen LogP contribution in [0.3, 0.4) is 0 Å². The molecule has 0 bridgehead atoms. The maximum Gasteiger partial charge on any atom is 0.371 e. The van der Waals surface area contributed by atoms with Crippen molar-refractivity contribution >= 4 is 11.8 Å². The Hall–Kier alpha value is -0.900. The highest BCUT2D eigenvalue weighted by Crippen LogP contribution is 1.61. The van der Waals surface area contributed by atoms with E-state index >= 15 is 0 Å². The van der Waals surface area contributed by atoms with Gasteiger partial charge in [-0.1, -0.05) is 0 Å². The highest BCUT2D eigenvalue weighted by molar-refractivity contribution is 6.31. The number of rotatable bonds is 1. The van der Waals surface area contributed by atoms with Crippen LogP contribution in [0, 0.1) is 0 Å². The van der Waals surface area contributed by atoms with Gasteiger partial charge in [-0.05, 0) is 14.1 Å². The number of ketones is 1. The molecule has 4 heteroatoms. The van der Waals surface area contributed by atoms with Gasteiger partial charge < -0.3 is 10.4 Å². The second kappa shape index (κ2) is 7.10. The molecule has 0 aromatic rings. The molecule has 0 aliphatic carbocycles. The minimum atomic E-state index is -1.38. The Kier molecular flexibility index (Phi) is 8.66. The standard InChI is InChI=1S/C3H4O3.C2H7N/c1-2(4)3(5)6;1-3-2/h1H3,(H,5,6);3H,1-2H3. The molecule has 0 rings (SSSR count). The van der Waals surface area contributed by atoms with Crippen molar-refractivity contribution in [1.82, 2.24) is 5.32 Å². The van der Waals surface area contributed by atoms with Crippen molar-refractivity contribution in [3.05, 3.63) is 0 Å². The Morgan fingerprint density at radius 1 is 1.33 bits per heavy atom. The van der Waals surface area contributed by atoms with E-state index in [1.165, 1.54) is 0 Å². The van der Waals surface area contributed by atoms with Gasteiger partial charge in [-0.2, -0.15) is 0 Å². The van der Waals surface area contributed by atoms with Crippen LogP contribution >= 0.6 is 0 Å². The van der Waals surface area contributed by atoms with Crippen LogP contribution in [-0.4, -0.2) is 31.0 Å². The molecule has 0 amide bonds. The first-order chi connectivity index (χ1) is 4.06. The molecular weight excluding hydrogens is 122 g/mol. The molecule has 0 radical (unpaired) electrons. The lowest BCUT2D eigenvalue weighted by molar-refractivity contribution is -0.148. The van der Waals surface area contributed by atoms with Crippen molar-refractivity contribution in [3.8, 4) is 0 Å². The fourth-order valence-electron chi connectivity index (χ4n) is 0. The molecule has 0 fully saturated rings. The summed E-state index contributed by atoms with van der Waals surface area (Å²) in [7, 11) is 3.75. The number of hydrogen-bond donors (Lipinski definition) is 2. The van der Waals surface area contributed by atoms with E-state index in [9.17, 15) is 9.59 Å². The summed E-state index contributed by atoms with van der Waals surface area (Å²) in [6.07, 6.45) is 0. The molecule has 4 nitrogen and oxygen atoms in total. The first-order valence-electron chi connectivity index (χ1n) is 2.38. The van der Waals surface area contributed by atoms with Gasteiger partial charge in [-0.25, -0.2) is 4.79 Å². The number of carbonyl (C=O) groups excluding carboxylic acids is 1. The number of carbonyl (C=O) groups is 2. The predicted molar refractivity (Wildman–Crippen MR) is 33.3 cm³/mol. The minimum Gasteiger partial charge on any atom is -0.476 e. The molecule has 0 spiro atoms. The van der Waals surface area contributed by atoms with Crippen LogP contribution in [0.1, 0.15) is 6.92 Å². The molecule has 0 aliphatic rings. The second-order valence-corrected chi connectivity index (χ2v) is 1.36. The van der Waals surface area contributed by atoms with Gasteiger partial charge in [0.25, 0.3) is 0 Å². The average Bonchev–Trinajstić information content (AvgIpc) is 1.68. The van der Waals surface area contributed by atoms with Gasteiger partial charge in [-0.15, -0.1) is 0 Å². The number of carboxylic acids is 1. The fraction of sp³-hybridized carbons (Fsp3) is 0.600. The maximum absolute atomic E-state index is 9.54. The zero-order valence-electron chi connectivity index (χ0n) is 5.76. The lowest BCUT2D eigenvalue weighted by Gasteiger charge is -1.73. The number of carboxylic acid groups (broad SMARTS) is 1. The predicted octanol–water partition coefficient (Wildman–Crippen LogP) is -0.504. The van der Waals surface area contributed by atoms with E-state index in [4.69, 9.17) is 5.11 Å². The summed E-state index contributed by atoms with van der Waals surface area (Å²) in [4.78, 5) is 18.9. The summed E-state index contributed by atoms with van der Waals surface area (Å²) in [6, 6.07) is 0. The number of hydrogen-bond acceptors (Lipinski definition) is 3. The van der Waals surface area contributed by atoms with Crippen molar-refractivity contribution in [2.75, 3.05) is 14.1 Å². The van der Waals surface area contributed by atoms with Gasteiger partial charge in [0.2, 0.25) is 5.78 Å². The Balaban J connectivity index is 0. The van der Waals surface area contributed by atoms with Crippen LogP contribution in [-0.2, 0) is 9.59 Å². The quantitative estimate of drug-likeness (QED) is 0.473. The second-order valence-electron chi connectivity index (χ2n) is 1.36. The number of Topliss-reactive ketones (excluding diaryl/α,β-unsaturated/α-hetero) is 1. The Morgan fingerprint density at radius 2 is 1.44 bits per heavy atom. The third kappa shape index (κ3) is 19.2. The molecule has 0 saturated carbocycles. The third-order valence-corrected chi connectivity index (χ3v) is 0.301. The topological polar surface area (TPSA) is 66.4 Å². The molecule has 0 atom stereocenters. The van der Waals surface area contributed by atoms with E-state index in [0.29, 0.717) is 0 Å². The average molecular weight is 133 g/mol. The molecule has 0 unspecified atom stereocenters. The molecule has 0 saturated heterocycles. The smallest absolute Gasteiger partial charge is 0.371 e. The van der Waals surface area contributed by atoms with Crippen molar-refractivity contribution < 1.29 is 14.7 Å². The van der Waals surface area contributed by atoms with Gasteiger partial charge in [-0.3, -0.25) is 4.79 Å². The van der Waals surface area contributed by atoms with Gasteiger partial charge in [0.1, 0.15) is 0 Å². The van der Waals surface area contributed by atoms with E-state index in [-0.39, 0.29) is 0 Å². The van der Waals surface area contributed by atoms with Crippen LogP contribution in [0.25, 0.3) is 0 Å². The first kappa shape index (κ1) is 11.0. The summed E-state index contributed by atoms with van der Waals surface area (Å²) in [6.45, 7) is 1.00. The maximum atomic E-state index is 9.54. The van der Waals surface area contributed by atoms with Gasteiger partial charge in [0.05, 0.1) is 0 Å². The van der Waals surface area contributed by atoms with E-state index in [1.807, 2.05) is 14.1 Å². The first-order valence-corrected chi connectivity index (χ1v) is 2.38. The monoisotopic (exact) mass is 133 g/mol. The van der Waals surface area contributed by atoms with Crippen LogP contribution in [0.15, 0.2) is 0 Å². The third-order valence-electron chi connectivity index (χ3n) is 0.301. The molecule has 2 N–H and O–H groups in total. The van der Waals surface area contributed by atoms with Crippen LogP contribution in [0.5, 0.6) is 0 Å². The molecule has 54 valence electrons. The van der Waals surface area contributed by atoms with Crippen molar-refractivity contribution in [2.45, 2.75) is 6.92 Å². The molecule has 0 heterocycles. The van der Waals surface area contributed by atoms with Crippen LogP contribution < -0.4 is 5.32 Å². The summed E-state index contributed by atoms with van der Waals surface area (Å²) in [5.74, 6) is -2.20. The molecule has 0 aliphatic heterocycles. The highest BCUT2D eigenvalue weighted by Gasteiger charge is 1.98. The van der Waals surface area contributed by atoms with Gasteiger partial charge in [0, 0.05) is 6.92 Å². The summed E-state index contributed by atoms with van der Waals surface area (Å²) >= 11 is 0. The molecule has 9 heavy (non-hydrogen) atoms. The van der Waals surface area contributed by atoms with E-state index < -0.39 is 11.8 Å². The highest BCUT2D eigenvalue weighted by atomic mass is 16.4. The number of nitrogens with one attached hydrogen (secondary N) is 1. The molecule has 0 aromatic heterocycles. The van der Waals surface area contributed by atoms with Crippen molar-refractivity contribution in [3.63, 3.8) is 0 Å². The van der Waals surface area contributed by atoms with Crippen molar-refractivity contribution in [1.29, 1.82) is 0 Å². The molecular formula is C5H11NO3. The van der Waals surface area contributed by atoms with E-state index in [1.54, 1.807) is 0 Å². The summed E-state index contributed by atoms with van der Waals surface area (Å²) < 4.78 is 0. The van der Waals surface area contributed by atoms with Gasteiger partial charge in [0.15, 0.2) is 0 Å². The Labute approximate surface area is 53.9 Å². The van der Waals surface area contributed by atoms with Crippen molar-refractivity contribution in [2.24, 2.45) is 0 Å². The Morgan fingerprint density at radius 3 is 1.44 bits per heavy atom. The fourth-order valence-corrected chi connectivity index (χ4v) is 0. The number of aliphatic carboxylic acids is 1. The normalized spacial score (nSPS) is 7.00. The van der Waals surface area contributed by atoms with Crippen LogP contribution in [0.2, 0.25) is 0 Å². The SMILES string of the molecule is CC(=O)C(=O)O.CNC. The van der Waals surface area contributed by atoms with E-state index in [2.05, 4.69) is 5.32 Å². The van der Waals surface area contributed by atoms with E-state index in [0.717, 1.165) is 6.92 Å². The molecule has 0 aromatic carbocycles. The zero-order chi connectivity index (χ0) is 7.86. The van der Waals surface area contributed by atoms with Crippen LogP contribution in [0.4, 0.5) is 0 Å². The summed E-state index contributed by atoms with van der Waals surface area (Å²) in [5.41, 5.74) is 0. The lowest BCUT2D eigenvalue weighted by Crippen LogP contribution is -2.05. The van der Waals surface area contributed by atoms with Gasteiger partial charge >= 0.3 is 5.97 Å².